The molecule has 0 bridgehead atoms. The van der Waals surface area contributed by atoms with E-state index in [9.17, 15) is 9.90 Å². The molecule has 1 amide bonds. The summed E-state index contributed by atoms with van der Waals surface area (Å²) in [5.41, 5.74) is 11.8. The molecule has 170 valence electrons. The Labute approximate surface area is 199 Å². The van der Waals surface area contributed by atoms with Gasteiger partial charge in [0.05, 0.1) is 17.6 Å². The molecule has 4 aromatic rings. The van der Waals surface area contributed by atoms with E-state index in [2.05, 4.69) is 11.6 Å². The normalized spacial score (nSPS) is 10.5. The summed E-state index contributed by atoms with van der Waals surface area (Å²) in [5, 5.41) is 9.51. The molecule has 0 fully saturated rings. The fourth-order valence-electron chi connectivity index (χ4n) is 3.66. The largest absolute Gasteiger partial charge is 0.508 e. The van der Waals surface area contributed by atoms with E-state index in [1.807, 2.05) is 84.6 Å². The second-order valence-corrected chi connectivity index (χ2v) is 7.98. The Hall–Kier alpha value is -4.58. The second kappa shape index (κ2) is 9.50. The summed E-state index contributed by atoms with van der Waals surface area (Å²) in [6.45, 7) is 4.24. The number of aromatic nitrogens is 1. The second-order valence-electron chi connectivity index (χ2n) is 7.98. The molecule has 34 heavy (non-hydrogen) atoms. The third-order valence-electron chi connectivity index (χ3n) is 5.76. The van der Waals surface area contributed by atoms with Gasteiger partial charge in [0.25, 0.3) is 0 Å². The minimum Gasteiger partial charge on any atom is -0.508 e. The average Bonchev–Trinajstić information content (AvgIpc) is 2.88. The number of primary amides is 1. The summed E-state index contributed by atoms with van der Waals surface area (Å²) in [6.07, 6.45) is 1.77. The molecule has 0 radical (unpaired) electrons. The summed E-state index contributed by atoms with van der Waals surface area (Å²) < 4.78 is 0. The van der Waals surface area contributed by atoms with E-state index in [0.717, 1.165) is 28.3 Å². The van der Waals surface area contributed by atoms with Crippen LogP contribution in [0.1, 0.15) is 21.6 Å². The van der Waals surface area contributed by atoms with Gasteiger partial charge in [-0.1, -0.05) is 24.8 Å². The van der Waals surface area contributed by atoms with Crippen LogP contribution < -0.4 is 15.5 Å². The highest BCUT2D eigenvalue weighted by molar-refractivity contribution is 5.96. The highest BCUT2D eigenvalue weighted by atomic mass is 16.3. The maximum absolute atomic E-state index is 12.0. The lowest BCUT2D eigenvalue weighted by molar-refractivity contribution is 0.100. The molecule has 1 aromatic heterocycles. The van der Waals surface area contributed by atoms with Crippen molar-refractivity contribution in [3.63, 3.8) is 0 Å². The van der Waals surface area contributed by atoms with E-state index in [1.54, 1.807) is 30.5 Å². The number of phenols is 1. The van der Waals surface area contributed by atoms with Crippen LogP contribution in [0.25, 0.3) is 5.57 Å². The van der Waals surface area contributed by atoms with Crippen molar-refractivity contribution in [2.24, 2.45) is 5.73 Å². The van der Waals surface area contributed by atoms with Crippen LogP contribution in [0.2, 0.25) is 0 Å². The van der Waals surface area contributed by atoms with Gasteiger partial charge < -0.3 is 20.6 Å². The number of pyridine rings is 1. The highest BCUT2D eigenvalue weighted by Crippen LogP contribution is 2.31. The zero-order chi connectivity index (χ0) is 24.2. The number of anilines is 4. The average molecular weight is 451 g/mol. The summed E-state index contributed by atoms with van der Waals surface area (Å²) in [7, 11) is 3.87. The van der Waals surface area contributed by atoms with Crippen LogP contribution in [-0.2, 0) is 0 Å². The molecule has 0 saturated heterocycles. The van der Waals surface area contributed by atoms with Gasteiger partial charge >= 0.3 is 0 Å². The van der Waals surface area contributed by atoms with Crippen molar-refractivity contribution >= 4 is 34.2 Å². The third-order valence-corrected chi connectivity index (χ3v) is 5.76. The van der Waals surface area contributed by atoms with Crippen molar-refractivity contribution < 1.29 is 9.90 Å². The number of amides is 1. The van der Waals surface area contributed by atoms with Crippen LogP contribution in [0.4, 0.5) is 22.7 Å². The summed E-state index contributed by atoms with van der Waals surface area (Å²) in [4.78, 5) is 20.6. The van der Waals surface area contributed by atoms with E-state index in [-0.39, 0.29) is 5.75 Å². The van der Waals surface area contributed by atoms with Gasteiger partial charge in [-0.15, -0.1) is 0 Å². The number of hydrogen-bond donors (Lipinski definition) is 2. The molecule has 0 unspecified atom stereocenters. The number of benzene rings is 3. The summed E-state index contributed by atoms with van der Waals surface area (Å²) in [6, 6.07) is 26.2. The minimum absolute atomic E-state index is 0.220. The van der Waals surface area contributed by atoms with Crippen LogP contribution in [-0.4, -0.2) is 30.1 Å². The molecule has 0 aliphatic rings. The standard InChI is InChI=1S/C28H26N4O2/c1-19(27-14-11-24(18-30-27)31(2)23-9-12-26(33)13-10-23)20-15-21(28(29)34)17-25(16-20)32(3)22-7-5-4-6-8-22/h4-18,33H,1H2,2-3H3,(H2,29,34). The van der Waals surface area contributed by atoms with Crippen molar-refractivity contribution in [1.82, 2.24) is 4.98 Å². The van der Waals surface area contributed by atoms with Gasteiger partial charge in [0, 0.05) is 42.3 Å². The SMILES string of the molecule is C=C(c1cc(C(N)=O)cc(N(C)c2ccccc2)c1)c1ccc(N(C)c2ccc(O)cc2)cn1. The lowest BCUT2D eigenvalue weighted by atomic mass is 9.99. The highest BCUT2D eigenvalue weighted by Gasteiger charge is 2.14. The number of nitrogens with zero attached hydrogens (tertiary/aromatic N) is 3. The van der Waals surface area contributed by atoms with Crippen molar-refractivity contribution in [2.45, 2.75) is 0 Å². The fraction of sp³-hybridized carbons (Fsp3) is 0.0714. The molecule has 3 aromatic carbocycles. The zero-order valence-corrected chi connectivity index (χ0v) is 19.1. The molecular formula is C28H26N4O2. The van der Waals surface area contributed by atoms with E-state index in [1.165, 1.54) is 0 Å². The Kier molecular flexibility index (Phi) is 6.32. The van der Waals surface area contributed by atoms with Crippen molar-refractivity contribution in [1.29, 1.82) is 0 Å². The third kappa shape index (κ3) is 4.76. The number of para-hydroxylation sites is 1. The maximum atomic E-state index is 12.0. The van der Waals surface area contributed by atoms with E-state index in [0.29, 0.717) is 16.8 Å². The topological polar surface area (TPSA) is 82.7 Å². The molecule has 4 rings (SSSR count). The van der Waals surface area contributed by atoms with Gasteiger partial charge in [0.2, 0.25) is 5.91 Å². The van der Waals surface area contributed by atoms with Gasteiger partial charge in [0.15, 0.2) is 0 Å². The zero-order valence-electron chi connectivity index (χ0n) is 19.1. The van der Waals surface area contributed by atoms with Crippen molar-refractivity contribution in [3.8, 4) is 5.75 Å². The number of phenolic OH excluding ortho intramolecular Hbond substituents is 1. The molecule has 3 N–H and O–H groups in total. The lowest BCUT2D eigenvalue weighted by Crippen LogP contribution is -2.15. The van der Waals surface area contributed by atoms with Crippen molar-refractivity contribution in [3.05, 3.63) is 115 Å². The molecule has 1 heterocycles. The number of rotatable bonds is 7. The molecule has 0 aliphatic heterocycles. The monoisotopic (exact) mass is 450 g/mol. The molecule has 0 spiro atoms. The first-order valence-electron chi connectivity index (χ1n) is 10.8. The first-order chi connectivity index (χ1) is 16.3. The molecule has 6 heteroatoms. The number of carbonyl (C=O) groups is 1. The maximum Gasteiger partial charge on any atom is 0.248 e. The van der Waals surface area contributed by atoms with E-state index >= 15 is 0 Å². The predicted octanol–water partition coefficient (Wildman–Crippen LogP) is 5.48. The van der Waals surface area contributed by atoms with Crippen LogP contribution in [0.5, 0.6) is 5.75 Å². The summed E-state index contributed by atoms with van der Waals surface area (Å²) in [5.74, 6) is -0.284. The number of nitrogens with two attached hydrogens (primary N) is 1. The first kappa shape index (κ1) is 22.6. The van der Waals surface area contributed by atoms with Crippen LogP contribution in [0.15, 0.2) is 97.7 Å². The van der Waals surface area contributed by atoms with Gasteiger partial charge in [-0.25, -0.2) is 0 Å². The minimum atomic E-state index is -0.504. The number of carbonyl (C=O) groups excluding carboxylic acids is 1. The number of hydrogen-bond acceptors (Lipinski definition) is 5. The Morgan fingerprint density at radius 3 is 2.00 bits per heavy atom. The quantitative estimate of drug-likeness (QED) is 0.389. The first-order valence-corrected chi connectivity index (χ1v) is 10.8. The predicted molar refractivity (Wildman–Crippen MR) is 138 cm³/mol. The van der Waals surface area contributed by atoms with Crippen molar-refractivity contribution in [2.75, 3.05) is 23.9 Å². The van der Waals surface area contributed by atoms with Gasteiger partial charge in [-0.2, -0.15) is 0 Å². The molecule has 0 aliphatic carbocycles. The molecule has 0 saturated carbocycles. The smallest absolute Gasteiger partial charge is 0.248 e. The van der Waals surface area contributed by atoms with E-state index in [4.69, 9.17) is 5.73 Å². The Balaban J connectivity index is 1.63. The summed E-state index contributed by atoms with van der Waals surface area (Å²) >= 11 is 0. The Morgan fingerprint density at radius 2 is 1.38 bits per heavy atom. The van der Waals surface area contributed by atoms with Gasteiger partial charge in [-0.3, -0.25) is 9.78 Å². The van der Waals surface area contributed by atoms with Gasteiger partial charge in [0.1, 0.15) is 5.75 Å². The molecule has 6 nitrogen and oxygen atoms in total. The lowest BCUT2D eigenvalue weighted by Gasteiger charge is -2.22. The number of aromatic hydroxyl groups is 1. The van der Waals surface area contributed by atoms with E-state index < -0.39 is 5.91 Å². The molecular weight excluding hydrogens is 424 g/mol. The Bertz CT molecular complexity index is 1320. The van der Waals surface area contributed by atoms with Crippen LogP contribution in [0, 0.1) is 0 Å². The fourth-order valence-corrected chi connectivity index (χ4v) is 3.66. The van der Waals surface area contributed by atoms with Crippen LogP contribution in [0.3, 0.4) is 0 Å². The van der Waals surface area contributed by atoms with Gasteiger partial charge in [-0.05, 0) is 72.3 Å². The van der Waals surface area contributed by atoms with Crippen LogP contribution >= 0.6 is 0 Å². The molecule has 0 atom stereocenters. The Morgan fingerprint density at radius 1 is 0.794 bits per heavy atom.